The van der Waals surface area contributed by atoms with E-state index in [-0.39, 0.29) is 6.07 Å². The van der Waals surface area contributed by atoms with Gasteiger partial charge in [0.15, 0.2) is 0 Å². The Kier molecular flexibility index (Phi) is 2.86. The van der Waals surface area contributed by atoms with Crippen LogP contribution in [0.5, 0.6) is 0 Å². The average molecular weight is 246 g/mol. The second-order valence-electron chi connectivity index (χ2n) is 2.81. The Morgan fingerprint density at radius 1 is 0.938 bits per heavy atom. The molecule has 0 spiro atoms. The quantitative estimate of drug-likeness (QED) is 0.693. The maximum Gasteiger partial charge on any atom is 0.435 e. The summed E-state index contributed by atoms with van der Waals surface area (Å²) in [7, 11) is 0. The van der Waals surface area contributed by atoms with Gasteiger partial charge in [-0.15, -0.1) is 0 Å². The van der Waals surface area contributed by atoms with Gasteiger partial charge in [0.25, 0.3) is 0 Å². The first-order valence-electron chi connectivity index (χ1n) is 3.75. The van der Waals surface area contributed by atoms with Crippen molar-refractivity contribution in [1.29, 1.82) is 0 Å². The van der Waals surface area contributed by atoms with Crippen molar-refractivity contribution in [3.63, 3.8) is 0 Å². The Bertz CT molecular complexity index is 339. The third-order valence-electron chi connectivity index (χ3n) is 1.77. The molecule has 89 valence electrons. The number of nitrogens with zero attached hydrogens (tertiary/aromatic N) is 1. The van der Waals surface area contributed by atoms with E-state index < -0.39 is 23.6 Å². The molecule has 0 bridgehead atoms. The van der Waals surface area contributed by atoms with E-state index in [1.54, 1.807) is 0 Å². The highest BCUT2D eigenvalue weighted by Gasteiger charge is 2.73. The van der Waals surface area contributed by atoms with Crippen LogP contribution in [0.3, 0.4) is 0 Å². The van der Waals surface area contributed by atoms with Crippen LogP contribution in [0.2, 0.25) is 0 Å². The number of hydrogen-bond acceptors (Lipinski definition) is 1. The molecule has 0 atom stereocenters. The Balaban J connectivity index is 3.39. The van der Waals surface area contributed by atoms with Crippen LogP contribution in [0, 0.1) is 6.07 Å². The molecule has 0 aliphatic rings. The van der Waals surface area contributed by atoms with E-state index in [2.05, 4.69) is 4.98 Å². The third-order valence-corrected chi connectivity index (χ3v) is 1.77. The summed E-state index contributed by atoms with van der Waals surface area (Å²) < 4.78 is 86.1. The maximum atomic E-state index is 13.2. The number of halogens is 7. The smallest absolute Gasteiger partial charge is 0.264 e. The monoisotopic (exact) mass is 246 g/mol. The standard InChI is InChI=1S/C8H3F7N/c9-6(7(10,11)12,8(13,14)15)5-1-3-16-4-2-5/h1,3-4H. The summed E-state index contributed by atoms with van der Waals surface area (Å²) >= 11 is 0. The molecular weight excluding hydrogens is 243 g/mol. The third kappa shape index (κ3) is 1.83. The number of pyridine rings is 1. The van der Waals surface area contributed by atoms with Crippen LogP contribution in [-0.2, 0) is 5.67 Å². The number of aromatic nitrogens is 1. The molecule has 1 aromatic heterocycles. The van der Waals surface area contributed by atoms with Crippen molar-refractivity contribution in [1.82, 2.24) is 4.98 Å². The summed E-state index contributed by atoms with van der Waals surface area (Å²) in [6.45, 7) is 0. The number of rotatable bonds is 1. The molecule has 0 saturated carbocycles. The summed E-state index contributed by atoms with van der Waals surface area (Å²) in [5, 5.41) is 0. The molecule has 0 aliphatic heterocycles. The zero-order valence-electron chi connectivity index (χ0n) is 7.33. The topological polar surface area (TPSA) is 12.9 Å². The molecule has 0 aliphatic carbocycles. The van der Waals surface area contributed by atoms with Gasteiger partial charge < -0.3 is 0 Å². The highest BCUT2D eigenvalue weighted by atomic mass is 19.4. The van der Waals surface area contributed by atoms with Crippen LogP contribution in [0.15, 0.2) is 18.5 Å². The first-order chi connectivity index (χ1) is 7.11. The zero-order chi connectivity index (χ0) is 12.6. The predicted octanol–water partition coefficient (Wildman–Crippen LogP) is 3.17. The van der Waals surface area contributed by atoms with Gasteiger partial charge in [0.2, 0.25) is 0 Å². The van der Waals surface area contributed by atoms with Crippen LogP contribution in [0.1, 0.15) is 5.56 Å². The van der Waals surface area contributed by atoms with Gasteiger partial charge in [-0.05, 0) is 6.07 Å². The minimum Gasteiger partial charge on any atom is -0.264 e. The predicted molar refractivity (Wildman–Crippen MR) is 38.0 cm³/mol. The molecule has 16 heavy (non-hydrogen) atoms. The molecule has 0 saturated heterocycles. The molecular formula is C8H3F7N. The van der Waals surface area contributed by atoms with Crippen LogP contribution in [-0.4, -0.2) is 17.3 Å². The lowest BCUT2D eigenvalue weighted by atomic mass is 9.95. The minimum absolute atomic E-state index is 0.279. The van der Waals surface area contributed by atoms with Gasteiger partial charge in [-0.3, -0.25) is 4.98 Å². The van der Waals surface area contributed by atoms with E-state index in [1.165, 1.54) is 6.07 Å². The van der Waals surface area contributed by atoms with Crippen LogP contribution in [0.25, 0.3) is 0 Å². The molecule has 1 radical (unpaired) electrons. The van der Waals surface area contributed by atoms with Gasteiger partial charge >= 0.3 is 18.0 Å². The lowest BCUT2D eigenvalue weighted by molar-refractivity contribution is -0.348. The van der Waals surface area contributed by atoms with Crippen molar-refractivity contribution in [2.45, 2.75) is 18.0 Å². The molecule has 8 heteroatoms. The number of alkyl halides is 7. The van der Waals surface area contributed by atoms with E-state index in [0.717, 1.165) is 0 Å². The fourth-order valence-electron chi connectivity index (χ4n) is 0.996. The highest BCUT2D eigenvalue weighted by molar-refractivity contribution is 5.23. The molecule has 0 aromatic carbocycles. The van der Waals surface area contributed by atoms with Crippen LogP contribution >= 0.6 is 0 Å². The zero-order valence-corrected chi connectivity index (χ0v) is 7.33. The van der Waals surface area contributed by atoms with Gasteiger partial charge in [0.05, 0.1) is 0 Å². The van der Waals surface area contributed by atoms with E-state index in [9.17, 15) is 30.7 Å². The normalized spacial score (nSPS) is 13.9. The van der Waals surface area contributed by atoms with Gasteiger partial charge in [0.1, 0.15) is 0 Å². The lowest BCUT2D eigenvalue weighted by Crippen LogP contribution is -2.50. The van der Waals surface area contributed by atoms with Gasteiger partial charge in [-0.1, -0.05) is 0 Å². The first kappa shape index (κ1) is 12.7. The first-order valence-corrected chi connectivity index (χ1v) is 3.75. The SMILES string of the molecule is FC(F)(F)C(F)(c1[c]cncc1)C(F)(F)F. The maximum absolute atomic E-state index is 13.2. The van der Waals surface area contributed by atoms with Crippen molar-refractivity contribution >= 4 is 0 Å². The Morgan fingerprint density at radius 3 is 1.75 bits per heavy atom. The largest absolute Gasteiger partial charge is 0.435 e. The number of hydrogen-bond donors (Lipinski definition) is 0. The Morgan fingerprint density at radius 2 is 1.44 bits per heavy atom. The van der Waals surface area contributed by atoms with Gasteiger partial charge in [-0.2, -0.15) is 26.3 Å². The van der Waals surface area contributed by atoms with Gasteiger partial charge in [-0.25, -0.2) is 4.39 Å². The summed E-state index contributed by atoms with van der Waals surface area (Å²) in [5.41, 5.74) is -7.09. The lowest BCUT2D eigenvalue weighted by Gasteiger charge is -2.29. The van der Waals surface area contributed by atoms with E-state index >= 15 is 0 Å². The summed E-state index contributed by atoms with van der Waals surface area (Å²) in [6, 6.07) is 1.77. The fraction of sp³-hybridized carbons (Fsp3) is 0.375. The summed E-state index contributed by atoms with van der Waals surface area (Å²) in [5.74, 6) is 0. The van der Waals surface area contributed by atoms with Gasteiger partial charge in [0, 0.05) is 24.0 Å². The minimum atomic E-state index is -6.11. The van der Waals surface area contributed by atoms with Crippen molar-refractivity contribution in [3.8, 4) is 0 Å². The molecule has 0 fully saturated rings. The van der Waals surface area contributed by atoms with E-state index in [1.807, 2.05) is 0 Å². The average Bonchev–Trinajstić information content (AvgIpc) is 2.14. The van der Waals surface area contributed by atoms with Crippen molar-refractivity contribution in [2.24, 2.45) is 0 Å². The highest BCUT2D eigenvalue weighted by Crippen LogP contribution is 2.52. The van der Waals surface area contributed by atoms with Crippen molar-refractivity contribution in [3.05, 3.63) is 30.1 Å². The second-order valence-corrected chi connectivity index (χ2v) is 2.81. The molecule has 1 rings (SSSR count). The summed E-state index contributed by atoms with van der Waals surface area (Å²) in [4.78, 5) is 3.17. The fourth-order valence-corrected chi connectivity index (χ4v) is 0.996. The van der Waals surface area contributed by atoms with Crippen LogP contribution in [0.4, 0.5) is 30.7 Å². The van der Waals surface area contributed by atoms with E-state index in [0.29, 0.717) is 12.4 Å². The second kappa shape index (κ2) is 3.60. The molecule has 1 nitrogen and oxygen atoms in total. The van der Waals surface area contributed by atoms with E-state index in [4.69, 9.17) is 0 Å². The molecule has 0 amide bonds. The molecule has 1 aromatic rings. The Hall–Kier alpha value is -1.34. The summed E-state index contributed by atoms with van der Waals surface area (Å²) in [6.07, 6.45) is -11.1. The molecule has 0 N–H and O–H groups in total. The van der Waals surface area contributed by atoms with Crippen LogP contribution < -0.4 is 0 Å². The van der Waals surface area contributed by atoms with Crippen molar-refractivity contribution in [2.75, 3.05) is 0 Å². The Labute approximate surface area is 84.9 Å². The molecule has 0 unspecified atom stereocenters. The molecule has 1 heterocycles. The van der Waals surface area contributed by atoms with Crippen molar-refractivity contribution < 1.29 is 30.7 Å².